The number of carboxylic acids is 1. The lowest BCUT2D eigenvalue weighted by Crippen LogP contribution is -2.06. The maximum absolute atomic E-state index is 10.1. The van der Waals surface area contributed by atoms with E-state index in [2.05, 4.69) is 9.97 Å². The van der Waals surface area contributed by atoms with Gasteiger partial charge in [0.05, 0.1) is 19.2 Å². The van der Waals surface area contributed by atoms with Crippen molar-refractivity contribution in [3.8, 4) is 5.75 Å². The number of nitrogen functional groups attached to an aromatic ring is 1. The number of rotatable bonds is 4. The quantitative estimate of drug-likeness (QED) is 0.677. The van der Waals surface area contributed by atoms with Gasteiger partial charge in [0.2, 0.25) is 0 Å². The summed E-state index contributed by atoms with van der Waals surface area (Å²) in [5, 5.41) is 8.32. The lowest BCUT2D eigenvalue weighted by atomic mass is 10.4. The normalized spacial score (nSPS) is 9.54. The first-order chi connectivity index (χ1) is 6.20. The molecule has 6 nitrogen and oxygen atoms in total. The summed E-state index contributed by atoms with van der Waals surface area (Å²) in [7, 11) is 0. The Balaban J connectivity index is 2.45. The Morgan fingerprint density at radius 2 is 2.46 bits per heavy atom. The molecule has 0 aliphatic heterocycles. The van der Waals surface area contributed by atoms with Gasteiger partial charge in [-0.3, -0.25) is 4.79 Å². The van der Waals surface area contributed by atoms with Crippen LogP contribution in [0.25, 0.3) is 0 Å². The topological polar surface area (TPSA) is 98.3 Å². The van der Waals surface area contributed by atoms with Gasteiger partial charge in [-0.2, -0.15) is 0 Å². The molecule has 0 saturated heterocycles. The van der Waals surface area contributed by atoms with Crippen molar-refractivity contribution in [2.75, 3.05) is 12.3 Å². The van der Waals surface area contributed by atoms with E-state index in [0.29, 0.717) is 5.75 Å². The third-order valence-electron chi connectivity index (χ3n) is 1.28. The van der Waals surface area contributed by atoms with Gasteiger partial charge < -0.3 is 15.6 Å². The zero-order valence-electron chi connectivity index (χ0n) is 6.80. The first-order valence-electron chi connectivity index (χ1n) is 3.60. The summed E-state index contributed by atoms with van der Waals surface area (Å²) in [5.74, 6) is -0.403. The highest BCUT2D eigenvalue weighted by atomic mass is 16.5. The number of aliphatic carboxylic acids is 1. The van der Waals surface area contributed by atoms with Gasteiger partial charge in [0, 0.05) is 0 Å². The number of hydrogen-bond acceptors (Lipinski definition) is 5. The molecule has 0 bridgehead atoms. The van der Waals surface area contributed by atoms with Crippen molar-refractivity contribution in [1.29, 1.82) is 0 Å². The number of carboxylic acid groups (broad SMARTS) is 1. The van der Waals surface area contributed by atoms with Gasteiger partial charge in [-0.15, -0.1) is 0 Å². The fourth-order valence-electron chi connectivity index (χ4n) is 0.686. The Bertz CT molecular complexity index is 303. The fourth-order valence-corrected chi connectivity index (χ4v) is 0.686. The van der Waals surface area contributed by atoms with Crippen molar-refractivity contribution in [3.05, 3.63) is 12.5 Å². The summed E-state index contributed by atoms with van der Waals surface area (Å²) in [6.07, 6.45) is 2.61. The summed E-state index contributed by atoms with van der Waals surface area (Å²) < 4.78 is 5.02. The predicted molar refractivity (Wildman–Crippen MR) is 44.2 cm³/mol. The van der Waals surface area contributed by atoms with E-state index in [0.717, 1.165) is 0 Å². The van der Waals surface area contributed by atoms with Crippen molar-refractivity contribution in [1.82, 2.24) is 9.97 Å². The minimum absolute atomic E-state index is 0.0624. The lowest BCUT2D eigenvalue weighted by molar-refractivity contribution is -0.137. The van der Waals surface area contributed by atoms with Gasteiger partial charge in [0.1, 0.15) is 6.33 Å². The Morgan fingerprint density at radius 1 is 1.69 bits per heavy atom. The molecule has 0 aromatic carbocycles. The minimum Gasteiger partial charge on any atom is -0.488 e. The number of ether oxygens (including phenoxy) is 1. The van der Waals surface area contributed by atoms with Crippen LogP contribution in [-0.2, 0) is 4.79 Å². The number of nitrogens with two attached hydrogens (primary N) is 1. The van der Waals surface area contributed by atoms with E-state index in [1.165, 1.54) is 12.5 Å². The third kappa shape index (κ3) is 2.94. The van der Waals surface area contributed by atoms with Gasteiger partial charge >= 0.3 is 5.97 Å². The molecule has 1 heterocycles. The first kappa shape index (κ1) is 9.24. The van der Waals surface area contributed by atoms with Crippen LogP contribution < -0.4 is 10.5 Å². The van der Waals surface area contributed by atoms with Crippen LogP contribution in [0.5, 0.6) is 5.75 Å². The maximum atomic E-state index is 10.1. The molecule has 1 rings (SSSR count). The van der Waals surface area contributed by atoms with Crippen LogP contribution in [0.2, 0.25) is 0 Å². The van der Waals surface area contributed by atoms with E-state index in [4.69, 9.17) is 15.6 Å². The van der Waals surface area contributed by atoms with Crippen LogP contribution >= 0.6 is 0 Å². The molecule has 0 saturated carbocycles. The molecule has 0 aliphatic carbocycles. The molecule has 6 heteroatoms. The van der Waals surface area contributed by atoms with Gasteiger partial charge in [-0.1, -0.05) is 0 Å². The Labute approximate surface area is 74.4 Å². The number of hydrogen-bond donors (Lipinski definition) is 2. The zero-order chi connectivity index (χ0) is 9.68. The van der Waals surface area contributed by atoms with Crippen LogP contribution in [0.1, 0.15) is 6.42 Å². The minimum atomic E-state index is -0.921. The van der Waals surface area contributed by atoms with Gasteiger partial charge in [0.25, 0.3) is 0 Å². The molecule has 0 spiro atoms. The monoisotopic (exact) mass is 183 g/mol. The molecule has 3 N–H and O–H groups in total. The summed E-state index contributed by atoms with van der Waals surface area (Å²) in [4.78, 5) is 17.5. The summed E-state index contributed by atoms with van der Waals surface area (Å²) in [6, 6.07) is 0. The van der Waals surface area contributed by atoms with Crippen molar-refractivity contribution in [3.63, 3.8) is 0 Å². The smallest absolute Gasteiger partial charge is 0.306 e. The molecular formula is C7H9N3O3. The molecular weight excluding hydrogens is 174 g/mol. The number of nitrogens with zero attached hydrogens (tertiary/aromatic N) is 2. The van der Waals surface area contributed by atoms with Crippen molar-refractivity contribution in [2.24, 2.45) is 0 Å². The fraction of sp³-hybridized carbons (Fsp3) is 0.286. The Morgan fingerprint density at radius 3 is 3.08 bits per heavy atom. The molecule has 0 aliphatic rings. The highest BCUT2D eigenvalue weighted by Gasteiger charge is 2.02. The highest BCUT2D eigenvalue weighted by Crippen LogP contribution is 2.14. The van der Waals surface area contributed by atoms with Crippen molar-refractivity contribution >= 4 is 11.8 Å². The zero-order valence-corrected chi connectivity index (χ0v) is 6.80. The van der Waals surface area contributed by atoms with E-state index in [-0.39, 0.29) is 18.8 Å². The van der Waals surface area contributed by atoms with Crippen LogP contribution in [0.4, 0.5) is 5.82 Å². The number of aromatic nitrogens is 2. The molecule has 13 heavy (non-hydrogen) atoms. The standard InChI is InChI=1S/C7H9N3O3/c8-7-5(3-9-4-10-7)13-2-1-6(11)12/h3-4H,1-2H2,(H,11,12)(H2,8,9,10). The SMILES string of the molecule is Nc1ncncc1OCCC(=O)O. The lowest BCUT2D eigenvalue weighted by Gasteiger charge is -2.04. The second-order valence-electron chi connectivity index (χ2n) is 2.26. The average Bonchev–Trinajstić information content (AvgIpc) is 2.08. The van der Waals surface area contributed by atoms with E-state index < -0.39 is 5.97 Å². The molecule has 1 aromatic rings. The van der Waals surface area contributed by atoms with Crippen LogP contribution in [0.15, 0.2) is 12.5 Å². The van der Waals surface area contributed by atoms with Gasteiger partial charge in [-0.25, -0.2) is 9.97 Å². The van der Waals surface area contributed by atoms with Crippen LogP contribution in [0, 0.1) is 0 Å². The molecule has 0 fully saturated rings. The maximum Gasteiger partial charge on any atom is 0.306 e. The van der Waals surface area contributed by atoms with Crippen molar-refractivity contribution < 1.29 is 14.6 Å². The van der Waals surface area contributed by atoms with Gasteiger partial charge in [0.15, 0.2) is 11.6 Å². The van der Waals surface area contributed by atoms with Gasteiger partial charge in [-0.05, 0) is 0 Å². The molecule has 0 unspecified atom stereocenters. The molecule has 0 amide bonds. The van der Waals surface area contributed by atoms with E-state index >= 15 is 0 Å². The second kappa shape index (κ2) is 4.24. The van der Waals surface area contributed by atoms with E-state index in [1.54, 1.807) is 0 Å². The van der Waals surface area contributed by atoms with E-state index in [1.807, 2.05) is 0 Å². The molecule has 70 valence electrons. The Kier molecular flexibility index (Phi) is 3.02. The Hall–Kier alpha value is -1.85. The molecule has 1 aromatic heterocycles. The largest absolute Gasteiger partial charge is 0.488 e. The predicted octanol–water partition coefficient (Wildman–Crippen LogP) is -0.0877. The number of anilines is 1. The van der Waals surface area contributed by atoms with Crippen LogP contribution in [-0.4, -0.2) is 27.7 Å². The molecule has 0 radical (unpaired) electrons. The average molecular weight is 183 g/mol. The molecule has 0 atom stereocenters. The van der Waals surface area contributed by atoms with Crippen molar-refractivity contribution in [2.45, 2.75) is 6.42 Å². The summed E-state index contributed by atoms with van der Waals surface area (Å²) in [5.41, 5.74) is 5.41. The van der Waals surface area contributed by atoms with E-state index in [9.17, 15) is 4.79 Å². The highest BCUT2D eigenvalue weighted by molar-refractivity contribution is 5.66. The second-order valence-corrected chi connectivity index (χ2v) is 2.26. The number of carbonyl (C=O) groups is 1. The third-order valence-corrected chi connectivity index (χ3v) is 1.28. The summed E-state index contributed by atoms with van der Waals surface area (Å²) >= 11 is 0. The first-order valence-corrected chi connectivity index (χ1v) is 3.60. The van der Waals surface area contributed by atoms with Crippen LogP contribution in [0.3, 0.4) is 0 Å². The summed E-state index contributed by atoms with van der Waals surface area (Å²) in [6.45, 7) is 0.0624.